The number of nitrogens with one attached hydrogen (secondary N) is 1. The predicted octanol–water partition coefficient (Wildman–Crippen LogP) is 3.11. The molecule has 126 valence electrons. The van der Waals surface area contributed by atoms with Crippen LogP contribution in [0.4, 0.5) is 10.8 Å². The minimum absolute atomic E-state index is 0.0214. The van der Waals surface area contributed by atoms with E-state index in [4.69, 9.17) is 0 Å². The maximum absolute atomic E-state index is 12.3. The normalized spacial score (nSPS) is 17.3. The third-order valence-corrected chi connectivity index (χ3v) is 4.99. The zero-order valence-corrected chi connectivity index (χ0v) is 14.6. The number of hydrogen-bond donors (Lipinski definition) is 1. The summed E-state index contributed by atoms with van der Waals surface area (Å²) in [7, 11) is 0. The van der Waals surface area contributed by atoms with Gasteiger partial charge in [-0.15, -0.1) is 10.2 Å². The lowest BCUT2D eigenvalue weighted by Gasteiger charge is -2.16. The number of anilines is 2. The van der Waals surface area contributed by atoms with Gasteiger partial charge in [-0.25, -0.2) is 0 Å². The van der Waals surface area contributed by atoms with Crippen molar-refractivity contribution in [2.24, 2.45) is 0 Å². The zero-order valence-electron chi connectivity index (χ0n) is 13.8. The summed E-state index contributed by atoms with van der Waals surface area (Å²) in [5.74, 6) is 0.0627. The predicted molar refractivity (Wildman–Crippen MR) is 94.3 cm³/mol. The molecule has 7 heteroatoms. The molecule has 1 aliphatic rings. The molecule has 0 aliphatic carbocycles. The molecule has 1 fully saturated rings. The number of rotatable bonds is 5. The first kappa shape index (κ1) is 16.6. The van der Waals surface area contributed by atoms with Gasteiger partial charge in [-0.2, -0.15) is 0 Å². The Kier molecular flexibility index (Phi) is 4.89. The SMILES string of the molecule is CCCC(=O)Nc1nnc(C2CC(=O)N(c3ccc(C)cc3)C2)s1. The smallest absolute Gasteiger partial charge is 0.227 e. The van der Waals surface area contributed by atoms with E-state index in [2.05, 4.69) is 15.5 Å². The second-order valence-electron chi connectivity index (χ2n) is 5.98. The van der Waals surface area contributed by atoms with Gasteiger partial charge in [0.2, 0.25) is 16.9 Å². The van der Waals surface area contributed by atoms with E-state index >= 15 is 0 Å². The number of amides is 2. The van der Waals surface area contributed by atoms with E-state index in [-0.39, 0.29) is 17.7 Å². The molecule has 2 amide bonds. The van der Waals surface area contributed by atoms with Crippen LogP contribution in [0.15, 0.2) is 24.3 Å². The summed E-state index contributed by atoms with van der Waals surface area (Å²) < 4.78 is 0. The minimum atomic E-state index is -0.0519. The quantitative estimate of drug-likeness (QED) is 0.904. The fourth-order valence-corrected chi connectivity index (χ4v) is 3.56. The van der Waals surface area contributed by atoms with Crippen molar-refractivity contribution < 1.29 is 9.59 Å². The molecule has 2 aromatic rings. The number of carbonyl (C=O) groups is 2. The number of carbonyl (C=O) groups excluding carboxylic acids is 2. The largest absolute Gasteiger partial charge is 0.312 e. The van der Waals surface area contributed by atoms with Crippen LogP contribution in [0.5, 0.6) is 0 Å². The second kappa shape index (κ2) is 7.09. The Morgan fingerprint density at radius 1 is 1.33 bits per heavy atom. The lowest BCUT2D eigenvalue weighted by Crippen LogP contribution is -2.24. The topological polar surface area (TPSA) is 75.2 Å². The fourth-order valence-electron chi connectivity index (χ4n) is 2.71. The van der Waals surface area contributed by atoms with E-state index in [1.807, 2.05) is 38.1 Å². The van der Waals surface area contributed by atoms with Crippen molar-refractivity contribution in [1.82, 2.24) is 10.2 Å². The van der Waals surface area contributed by atoms with Crippen LogP contribution in [0.3, 0.4) is 0 Å². The molecule has 0 saturated carbocycles. The van der Waals surface area contributed by atoms with Crippen LogP contribution in [-0.2, 0) is 9.59 Å². The van der Waals surface area contributed by atoms with Crippen LogP contribution in [0.2, 0.25) is 0 Å². The van der Waals surface area contributed by atoms with Gasteiger partial charge in [0.25, 0.3) is 0 Å². The number of aromatic nitrogens is 2. The molecule has 0 spiro atoms. The summed E-state index contributed by atoms with van der Waals surface area (Å²) >= 11 is 1.35. The summed E-state index contributed by atoms with van der Waals surface area (Å²) in [6.45, 7) is 4.57. The summed E-state index contributed by atoms with van der Waals surface area (Å²) in [4.78, 5) is 25.7. The molecule has 0 bridgehead atoms. The number of benzene rings is 1. The molecule has 6 nitrogen and oxygen atoms in total. The van der Waals surface area contributed by atoms with Crippen LogP contribution in [-0.4, -0.2) is 28.6 Å². The summed E-state index contributed by atoms with van der Waals surface area (Å²) in [6, 6.07) is 7.93. The molecule has 1 saturated heterocycles. The van der Waals surface area contributed by atoms with Crippen LogP contribution < -0.4 is 10.2 Å². The van der Waals surface area contributed by atoms with E-state index < -0.39 is 0 Å². The molecule has 2 heterocycles. The number of hydrogen-bond acceptors (Lipinski definition) is 5. The first-order valence-electron chi connectivity index (χ1n) is 8.07. The lowest BCUT2D eigenvalue weighted by molar-refractivity contribution is -0.117. The van der Waals surface area contributed by atoms with Crippen LogP contribution in [0, 0.1) is 6.92 Å². The highest BCUT2D eigenvalue weighted by Gasteiger charge is 2.33. The maximum atomic E-state index is 12.3. The Labute approximate surface area is 144 Å². The van der Waals surface area contributed by atoms with Gasteiger partial charge in [-0.05, 0) is 25.5 Å². The third kappa shape index (κ3) is 3.62. The summed E-state index contributed by atoms with van der Waals surface area (Å²) in [5.41, 5.74) is 2.08. The average Bonchev–Trinajstić information content (AvgIpc) is 3.15. The molecule has 1 N–H and O–H groups in total. The van der Waals surface area contributed by atoms with E-state index in [1.165, 1.54) is 16.9 Å². The molecular weight excluding hydrogens is 324 g/mol. The molecule has 1 atom stereocenters. The van der Waals surface area contributed by atoms with E-state index in [0.29, 0.717) is 24.5 Å². The monoisotopic (exact) mass is 344 g/mol. The molecule has 1 aromatic carbocycles. The van der Waals surface area contributed by atoms with Gasteiger partial charge < -0.3 is 10.2 Å². The standard InChI is InChI=1S/C17H20N4O2S/c1-3-4-14(22)18-17-20-19-16(24-17)12-9-15(23)21(10-12)13-7-5-11(2)6-8-13/h5-8,12H,3-4,9-10H2,1-2H3,(H,18,20,22). The zero-order chi connectivity index (χ0) is 17.1. The molecule has 1 aliphatic heterocycles. The van der Waals surface area contributed by atoms with Gasteiger partial charge in [-0.3, -0.25) is 9.59 Å². The Hall–Kier alpha value is -2.28. The van der Waals surface area contributed by atoms with Crippen molar-refractivity contribution in [1.29, 1.82) is 0 Å². The van der Waals surface area contributed by atoms with Crippen molar-refractivity contribution in [3.8, 4) is 0 Å². The summed E-state index contributed by atoms with van der Waals surface area (Å²) in [6.07, 6.45) is 1.68. The Bertz CT molecular complexity index is 741. The van der Waals surface area contributed by atoms with Gasteiger partial charge in [0.1, 0.15) is 5.01 Å². The number of nitrogens with zero attached hydrogens (tertiary/aromatic N) is 3. The van der Waals surface area contributed by atoms with Crippen molar-refractivity contribution in [3.05, 3.63) is 34.8 Å². The van der Waals surface area contributed by atoms with E-state index in [0.717, 1.165) is 17.1 Å². The van der Waals surface area contributed by atoms with Crippen molar-refractivity contribution in [2.75, 3.05) is 16.8 Å². The fraction of sp³-hybridized carbons (Fsp3) is 0.412. The first-order chi connectivity index (χ1) is 11.6. The first-order valence-corrected chi connectivity index (χ1v) is 8.88. The van der Waals surface area contributed by atoms with Gasteiger partial charge in [-0.1, -0.05) is 36.0 Å². The maximum Gasteiger partial charge on any atom is 0.227 e. The highest BCUT2D eigenvalue weighted by Crippen LogP contribution is 2.34. The number of aryl methyl sites for hydroxylation is 1. The molecule has 1 aromatic heterocycles. The minimum Gasteiger partial charge on any atom is -0.312 e. The molecule has 1 unspecified atom stereocenters. The molecular formula is C17H20N4O2S. The van der Waals surface area contributed by atoms with Gasteiger partial charge >= 0.3 is 0 Å². The van der Waals surface area contributed by atoms with Crippen molar-refractivity contribution >= 4 is 34.0 Å². The summed E-state index contributed by atoms with van der Waals surface area (Å²) in [5, 5.41) is 12.2. The van der Waals surface area contributed by atoms with Gasteiger partial charge in [0.05, 0.1) is 0 Å². The van der Waals surface area contributed by atoms with E-state index in [1.54, 1.807) is 4.90 Å². The average molecular weight is 344 g/mol. The third-order valence-electron chi connectivity index (χ3n) is 3.98. The van der Waals surface area contributed by atoms with Gasteiger partial charge in [0.15, 0.2) is 0 Å². The Balaban J connectivity index is 1.68. The molecule has 0 radical (unpaired) electrons. The lowest BCUT2D eigenvalue weighted by atomic mass is 10.1. The van der Waals surface area contributed by atoms with Gasteiger partial charge in [0, 0.05) is 31.0 Å². The van der Waals surface area contributed by atoms with Crippen LogP contribution >= 0.6 is 11.3 Å². The highest BCUT2D eigenvalue weighted by molar-refractivity contribution is 7.15. The molecule has 3 rings (SSSR count). The van der Waals surface area contributed by atoms with E-state index in [9.17, 15) is 9.59 Å². The Morgan fingerprint density at radius 3 is 2.79 bits per heavy atom. The second-order valence-corrected chi connectivity index (χ2v) is 6.99. The Morgan fingerprint density at radius 2 is 2.08 bits per heavy atom. The van der Waals surface area contributed by atoms with Crippen LogP contribution in [0.25, 0.3) is 0 Å². The highest BCUT2D eigenvalue weighted by atomic mass is 32.1. The van der Waals surface area contributed by atoms with Crippen molar-refractivity contribution in [3.63, 3.8) is 0 Å². The molecule has 24 heavy (non-hydrogen) atoms. The van der Waals surface area contributed by atoms with Crippen LogP contribution in [0.1, 0.15) is 42.7 Å². The van der Waals surface area contributed by atoms with Crippen molar-refractivity contribution in [2.45, 2.75) is 39.0 Å².